The van der Waals surface area contributed by atoms with Crippen molar-refractivity contribution in [3.8, 4) is 5.69 Å². The fourth-order valence-electron chi connectivity index (χ4n) is 2.17. The van der Waals surface area contributed by atoms with Crippen LogP contribution in [0.25, 0.3) is 5.69 Å². The molecule has 3 heteroatoms. The van der Waals surface area contributed by atoms with Gasteiger partial charge in [-0.15, -0.1) is 0 Å². The van der Waals surface area contributed by atoms with Crippen molar-refractivity contribution < 1.29 is 0 Å². The normalized spacial score (nSPS) is 10.3. The van der Waals surface area contributed by atoms with Crippen LogP contribution in [0.5, 0.6) is 0 Å². The Balaban J connectivity index is 0.00000106. The summed E-state index contributed by atoms with van der Waals surface area (Å²) < 4.78 is 1.91. The van der Waals surface area contributed by atoms with E-state index >= 15 is 0 Å². The SMILES string of the molecule is CC.CC/C=C\N(CC)c1cccc(-n2cccn2)c1C. The van der Waals surface area contributed by atoms with Crippen LogP contribution in [-0.2, 0) is 0 Å². The number of nitrogens with zero attached hydrogens (tertiary/aromatic N) is 3. The first-order valence-corrected chi connectivity index (χ1v) is 7.80. The molecule has 0 saturated heterocycles. The molecule has 1 aromatic heterocycles. The first-order valence-electron chi connectivity index (χ1n) is 7.80. The summed E-state index contributed by atoms with van der Waals surface area (Å²) in [5, 5.41) is 4.32. The van der Waals surface area contributed by atoms with Gasteiger partial charge >= 0.3 is 0 Å². The fourth-order valence-corrected chi connectivity index (χ4v) is 2.17. The molecule has 2 rings (SSSR count). The van der Waals surface area contributed by atoms with Crippen LogP contribution >= 0.6 is 0 Å². The first-order chi connectivity index (χ1) is 10.3. The average Bonchev–Trinajstić information content (AvgIpc) is 3.05. The predicted octanol–water partition coefficient (Wildman–Crippen LogP) is 4.96. The summed E-state index contributed by atoms with van der Waals surface area (Å²) in [6, 6.07) is 8.29. The van der Waals surface area contributed by atoms with Gasteiger partial charge in [-0.1, -0.05) is 32.9 Å². The molecule has 0 N–H and O–H groups in total. The van der Waals surface area contributed by atoms with E-state index in [9.17, 15) is 0 Å². The summed E-state index contributed by atoms with van der Waals surface area (Å²) >= 11 is 0. The summed E-state index contributed by atoms with van der Waals surface area (Å²) in [4.78, 5) is 2.27. The highest BCUT2D eigenvalue weighted by Crippen LogP contribution is 2.25. The third kappa shape index (κ3) is 4.22. The molecule has 3 nitrogen and oxygen atoms in total. The molecular weight excluding hydrogens is 258 g/mol. The van der Waals surface area contributed by atoms with Crippen molar-refractivity contribution in [2.45, 2.75) is 41.0 Å². The van der Waals surface area contributed by atoms with E-state index in [0.717, 1.165) is 18.7 Å². The van der Waals surface area contributed by atoms with Crippen LogP contribution in [0.3, 0.4) is 0 Å². The monoisotopic (exact) mass is 285 g/mol. The standard InChI is InChI=1S/C16H21N3.C2H6/c1-4-6-12-18(5-2)15-9-7-10-16(14(15)3)19-13-8-11-17-19;1-2/h6-13H,4-5H2,1-3H3;1-2H3/b12-6-;. The van der Waals surface area contributed by atoms with E-state index < -0.39 is 0 Å². The molecule has 0 bridgehead atoms. The molecule has 0 aliphatic heterocycles. The highest BCUT2D eigenvalue weighted by molar-refractivity contribution is 5.62. The highest BCUT2D eigenvalue weighted by Gasteiger charge is 2.09. The van der Waals surface area contributed by atoms with Crippen LogP contribution in [0.4, 0.5) is 5.69 Å². The topological polar surface area (TPSA) is 21.1 Å². The molecule has 114 valence electrons. The van der Waals surface area contributed by atoms with Crippen molar-refractivity contribution in [3.63, 3.8) is 0 Å². The van der Waals surface area contributed by atoms with Gasteiger partial charge in [-0.2, -0.15) is 5.10 Å². The zero-order valence-electron chi connectivity index (χ0n) is 13.9. The molecule has 0 spiro atoms. The highest BCUT2D eigenvalue weighted by atomic mass is 15.3. The minimum absolute atomic E-state index is 0.958. The number of anilines is 1. The number of hydrogen-bond donors (Lipinski definition) is 0. The van der Waals surface area contributed by atoms with Crippen LogP contribution in [0.1, 0.15) is 39.7 Å². The van der Waals surface area contributed by atoms with E-state index in [4.69, 9.17) is 0 Å². The van der Waals surface area contributed by atoms with E-state index in [1.807, 2.05) is 30.8 Å². The Bertz CT molecular complexity index is 542. The lowest BCUT2D eigenvalue weighted by molar-refractivity contribution is 0.869. The van der Waals surface area contributed by atoms with E-state index in [1.54, 1.807) is 6.20 Å². The summed E-state index contributed by atoms with van der Waals surface area (Å²) in [7, 11) is 0. The first kappa shape index (κ1) is 17.0. The van der Waals surface area contributed by atoms with Gasteiger partial charge < -0.3 is 4.90 Å². The Kier molecular flexibility index (Phi) is 7.30. The Morgan fingerprint density at radius 2 is 1.95 bits per heavy atom. The van der Waals surface area contributed by atoms with Crippen molar-refractivity contribution in [2.24, 2.45) is 0 Å². The molecule has 0 radical (unpaired) electrons. The Labute approximate surface area is 128 Å². The zero-order valence-corrected chi connectivity index (χ0v) is 13.9. The predicted molar refractivity (Wildman–Crippen MR) is 92.1 cm³/mol. The summed E-state index contributed by atoms with van der Waals surface area (Å²) in [6.07, 6.45) is 9.18. The van der Waals surface area contributed by atoms with Gasteiger partial charge in [0.2, 0.25) is 0 Å². The largest absolute Gasteiger partial charge is 0.348 e. The number of benzene rings is 1. The smallest absolute Gasteiger partial charge is 0.0695 e. The van der Waals surface area contributed by atoms with Gasteiger partial charge in [0, 0.05) is 30.8 Å². The van der Waals surface area contributed by atoms with Gasteiger partial charge in [0.05, 0.1) is 5.69 Å². The van der Waals surface area contributed by atoms with Crippen molar-refractivity contribution in [1.82, 2.24) is 9.78 Å². The summed E-state index contributed by atoms with van der Waals surface area (Å²) in [5.41, 5.74) is 3.61. The van der Waals surface area contributed by atoms with Crippen molar-refractivity contribution >= 4 is 5.69 Å². The average molecular weight is 285 g/mol. The molecule has 0 aliphatic carbocycles. The molecule has 0 saturated carbocycles. The molecule has 0 aliphatic rings. The van der Waals surface area contributed by atoms with Crippen LogP contribution in [0.15, 0.2) is 48.9 Å². The second-order valence-corrected chi connectivity index (χ2v) is 4.45. The van der Waals surface area contributed by atoms with Gasteiger partial charge in [0.25, 0.3) is 0 Å². The van der Waals surface area contributed by atoms with E-state index in [-0.39, 0.29) is 0 Å². The fraction of sp³-hybridized carbons (Fsp3) is 0.389. The number of allylic oxidation sites excluding steroid dienone is 1. The Hall–Kier alpha value is -2.03. The lowest BCUT2D eigenvalue weighted by atomic mass is 10.1. The van der Waals surface area contributed by atoms with Crippen molar-refractivity contribution in [3.05, 3.63) is 54.5 Å². The number of rotatable bonds is 5. The van der Waals surface area contributed by atoms with Gasteiger partial charge in [-0.3, -0.25) is 0 Å². The number of hydrogen-bond acceptors (Lipinski definition) is 2. The molecule has 1 heterocycles. The second-order valence-electron chi connectivity index (χ2n) is 4.45. The van der Waals surface area contributed by atoms with Gasteiger partial charge in [0.15, 0.2) is 0 Å². The van der Waals surface area contributed by atoms with Crippen molar-refractivity contribution in [1.29, 1.82) is 0 Å². The second kappa shape index (κ2) is 9.01. The van der Waals surface area contributed by atoms with E-state index in [1.165, 1.54) is 11.3 Å². The van der Waals surface area contributed by atoms with E-state index in [2.05, 4.69) is 61.2 Å². The lowest BCUT2D eigenvalue weighted by Crippen LogP contribution is -2.16. The molecule has 1 aromatic carbocycles. The quantitative estimate of drug-likeness (QED) is 0.774. The molecule has 0 fully saturated rings. The Morgan fingerprint density at radius 1 is 1.19 bits per heavy atom. The third-order valence-corrected chi connectivity index (χ3v) is 3.20. The molecule has 2 aromatic rings. The zero-order chi connectivity index (χ0) is 15.7. The Morgan fingerprint density at radius 3 is 2.52 bits per heavy atom. The van der Waals surface area contributed by atoms with Crippen LogP contribution in [-0.4, -0.2) is 16.3 Å². The van der Waals surface area contributed by atoms with Gasteiger partial charge in [-0.25, -0.2) is 4.68 Å². The van der Waals surface area contributed by atoms with Gasteiger partial charge in [0.1, 0.15) is 0 Å². The summed E-state index contributed by atoms with van der Waals surface area (Å²) in [6.45, 7) is 11.4. The molecule has 0 amide bonds. The van der Waals surface area contributed by atoms with Crippen LogP contribution in [0, 0.1) is 6.92 Å². The van der Waals surface area contributed by atoms with Crippen LogP contribution < -0.4 is 4.90 Å². The molecule has 0 unspecified atom stereocenters. The number of aromatic nitrogens is 2. The molecule has 0 atom stereocenters. The lowest BCUT2D eigenvalue weighted by Gasteiger charge is -2.22. The van der Waals surface area contributed by atoms with E-state index in [0.29, 0.717) is 0 Å². The van der Waals surface area contributed by atoms with Gasteiger partial charge in [-0.05, 0) is 44.0 Å². The minimum Gasteiger partial charge on any atom is -0.348 e. The molecular formula is C18H27N3. The summed E-state index contributed by atoms with van der Waals surface area (Å²) in [5.74, 6) is 0. The maximum Gasteiger partial charge on any atom is 0.0695 e. The maximum atomic E-state index is 4.32. The third-order valence-electron chi connectivity index (χ3n) is 3.20. The minimum atomic E-state index is 0.958. The maximum absolute atomic E-state index is 4.32. The molecule has 21 heavy (non-hydrogen) atoms. The van der Waals surface area contributed by atoms with Crippen molar-refractivity contribution in [2.75, 3.05) is 11.4 Å². The van der Waals surface area contributed by atoms with Crippen LogP contribution in [0.2, 0.25) is 0 Å².